The van der Waals surface area contributed by atoms with Crippen LogP contribution in [-0.2, 0) is 10.9 Å². The summed E-state index contributed by atoms with van der Waals surface area (Å²) < 4.78 is 48.8. The fourth-order valence-electron chi connectivity index (χ4n) is 2.53. The number of ether oxygens (including phenoxy) is 2. The number of alkyl halides is 3. The third-order valence-corrected chi connectivity index (χ3v) is 5.16. The van der Waals surface area contributed by atoms with Crippen molar-refractivity contribution < 1.29 is 32.2 Å². The number of aryl methyl sites for hydroxylation is 1. The number of rotatable bonds is 3. The van der Waals surface area contributed by atoms with E-state index in [4.69, 9.17) is 21.1 Å². The minimum absolute atomic E-state index is 0.137. The van der Waals surface area contributed by atoms with Gasteiger partial charge in [0.15, 0.2) is 6.23 Å². The van der Waals surface area contributed by atoms with E-state index in [-0.39, 0.29) is 35.2 Å². The molecular formula is C16H14ClF3N4O4S. The fourth-order valence-corrected chi connectivity index (χ4v) is 3.50. The summed E-state index contributed by atoms with van der Waals surface area (Å²) >= 11 is 6.02. The Labute approximate surface area is 171 Å². The molecule has 1 aliphatic heterocycles. The van der Waals surface area contributed by atoms with E-state index in [2.05, 4.69) is 10.2 Å². The van der Waals surface area contributed by atoms with E-state index in [1.165, 1.54) is 24.1 Å². The summed E-state index contributed by atoms with van der Waals surface area (Å²) in [6.07, 6.45) is -6.89. The van der Waals surface area contributed by atoms with E-state index in [1.807, 2.05) is 0 Å². The number of carbonyl (C=O) groups is 2. The van der Waals surface area contributed by atoms with Gasteiger partial charge in [-0.05, 0) is 30.7 Å². The maximum atomic E-state index is 12.8. The zero-order chi connectivity index (χ0) is 21.3. The third-order valence-electron chi connectivity index (χ3n) is 3.96. The van der Waals surface area contributed by atoms with Gasteiger partial charge in [0.2, 0.25) is 10.1 Å². The number of hydrogen-bond acceptors (Lipinski definition) is 7. The highest BCUT2D eigenvalue weighted by molar-refractivity contribution is 7.15. The number of aromatic nitrogens is 2. The molecule has 29 heavy (non-hydrogen) atoms. The van der Waals surface area contributed by atoms with Crippen LogP contribution in [0, 0.1) is 6.92 Å². The summed E-state index contributed by atoms with van der Waals surface area (Å²) in [5, 5.41) is 5.40. The Morgan fingerprint density at radius 2 is 2.07 bits per heavy atom. The van der Waals surface area contributed by atoms with Gasteiger partial charge in [0.1, 0.15) is 5.75 Å². The van der Waals surface area contributed by atoms with Gasteiger partial charge >= 0.3 is 18.4 Å². The van der Waals surface area contributed by atoms with Gasteiger partial charge in [-0.2, -0.15) is 13.2 Å². The van der Waals surface area contributed by atoms with Crippen LogP contribution in [0.25, 0.3) is 0 Å². The Balaban J connectivity index is 1.79. The standard InChI is InChI=1S/C16H14ClF3N4O4S/c1-8-7-9(17)3-4-10(8)27-15(26)28-11-5-6-23(2)14(25)24(11)13-22-21-12(29-13)16(18,19)20/h3-4,7,11H,5-6H2,1-2H3. The summed E-state index contributed by atoms with van der Waals surface area (Å²) in [6, 6.07) is 3.89. The molecule has 0 N–H and O–H groups in total. The van der Waals surface area contributed by atoms with Crippen molar-refractivity contribution >= 4 is 40.3 Å². The third kappa shape index (κ3) is 4.70. The van der Waals surface area contributed by atoms with Crippen LogP contribution in [0.15, 0.2) is 18.2 Å². The van der Waals surface area contributed by atoms with Crippen molar-refractivity contribution in [2.75, 3.05) is 18.5 Å². The molecular weight excluding hydrogens is 437 g/mol. The van der Waals surface area contributed by atoms with Crippen LogP contribution >= 0.6 is 22.9 Å². The first-order chi connectivity index (χ1) is 13.6. The molecule has 1 saturated heterocycles. The molecule has 1 aromatic carbocycles. The highest BCUT2D eigenvalue weighted by Crippen LogP contribution is 2.36. The van der Waals surface area contributed by atoms with E-state index >= 15 is 0 Å². The molecule has 0 spiro atoms. The van der Waals surface area contributed by atoms with E-state index in [0.717, 1.165) is 4.90 Å². The smallest absolute Gasteiger partial charge is 0.409 e. The number of amides is 2. The topological polar surface area (TPSA) is 84.9 Å². The molecule has 2 heterocycles. The molecule has 2 aromatic rings. The molecule has 0 aliphatic carbocycles. The maximum absolute atomic E-state index is 12.8. The summed E-state index contributed by atoms with van der Waals surface area (Å²) in [4.78, 5) is 26.8. The van der Waals surface area contributed by atoms with E-state index < -0.39 is 29.6 Å². The molecule has 0 radical (unpaired) electrons. The van der Waals surface area contributed by atoms with Gasteiger partial charge in [-0.1, -0.05) is 22.9 Å². The van der Waals surface area contributed by atoms with E-state index in [9.17, 15) is 22.8 Å². The second-order valence-corrected chi connectivity index (χ2v) is 7.48. The van der Waals surface area contributed by atoms with Gasteiger partial charge in [-0.15, -0.1) is 10.2 Å². The lowest BCUT2D eigenvalue weighted by molar-refractivity contribution is -0.138. The molecule has 2 amide bonds. The van der Waals surface area contributed by atoms with Crippen molar-refractivity contribution in [3.63, 3.8) is 0 Å². The molecule has 1 aromatic heterocycles. The van der Waals surface area contributed by atoms with Crippen LogP contribution in [0.1, 0.15) is 17.0 Å². The number of benzene rings is 1. The molecule has 1 fully saturated rings. The van der Waals surface area contributed by atoms with Gasteiger partial charge in [-0.25, -0.2) is 14.5 Å². The second-order valence-electron chi connectivity index (χ2n) is 6.08. The van der Waals surface area contributed by atoms with Crippen LogP contribution in [0.3, 0.4) is 0 Å². The number of anilines is 1. The second kappa shape index (κ2) is 8.03. The van der Waals surface area contributed by atoms with Crippen molar-refractivity contribution in [1.29, 1.82) is 0 Å². The first kappa shape index (κ1) is 21.1. The normalized spacial score (nSPS) is 17.4. The van der Waals surface area contributed by atoms with Crippen LogP contribution < -0.4 is 9.64 Å². The quantitative estimate of drug-likeness (QED) is 0.511. The van der Waals surface area contributed by atoms with Gasteiger partial charge in [-0.3, -0.25) is 0 Å². The summed E-state index contributed by atoms with van der Waals surface area (Å²) in [5.74, 6) is 0.195. The van der Waals surface area contributed by atoms with Gasteiger partial charge < -0.3 is 14.4 Å². The van der Waals surface area contributed by atoms with Crippen molar-refractivity contribution in [3.8, 4) is 5.75 Å². The number of halogens is 4. The monoisotopic (exact) mass is 450 g/mol. The van der Waals surface area contributed by atoms with Crippen molar-refractivity contribution in [3.05, 3.63) is 33.8 Å². The zero-order valence-electron chi connectivity index (χ0n) is 15.1. The summed E-state index contributed by atoms with van der Waals surface area (Å²) in [6.45, 7) is 1.89. The van der Waals surface area contributed by atoms with Gasteiger partial charge in [0.25, 0.3) is 0 Å². The van der Waals surface area contributed by atoms with Crippen molar-refractivity contribution in [1.82, 2.24) is 15.1 Å². The maximum Gasteiger partial charge on any atom is 0.515 e. The number of urea groups is 1. The van der Waals surface area contributed by atoms with Crippen molar-refractivity contribution in [2.45, 2.75) is 25.7 Å². The molecule has 8 nitrogen and oxygen atoms in total. The Bertz CT molecular complexity index is 939. The van der Waals surface area contributed by atoms with E-state index in [0.29, 0.717) is 10.6 Å². The first-order valence-electron chi connectivity index (χ1n) is 8.16. The van der Waals surface area contributed by atoms with Crippen LogP contribution in [-0.4, -0.2) is 47.1 Å². The van der Waals surface area contributed by atoms with Crippen LogP contribution in [0.5, 0.6) is 5.75 Å². The Hall–Kier alpha value is -2.60. The molecule has 156 valence electrons. The molecule has 0 bridgehead atoms. The summed E-state index contributed by atoms with van der Waals surface area (Å²) in [7, 11) is 1.46. The average molecular weight is 451 g/mol. The van der Waals surface area contributed by atoms with Crippen molar-refractivity contribution in [2.24, 2.45) is 0 Å². The summed E-state index contributed by atoms with van der Waals surface area (Å²) in [5.41, 5.74) is 0.574. The lowest BCUT2D eigenvalue weighted by Crippen LogP contribution is -2.55. The average Bonchev–Trinajstić information content (AvgIpc) is 3.11. The molecule has 1 unspecified atom stereocenters. The zero-order valence-corrected chi connectivity index (χ0v) is 16.6. The Morgan fingerprint density at radius 1 is 1.34 bits per heavy atom. The van der Waals surface area contributed by atoms with Gasteiger partial charge in [0, 0.05) is 25.0 Å². The minimum Gasteiger partial charge on any atom is -0.409 e. The molecule has 3 rings (SSSR count). The Kier molecular flexibility index (Phi) is 5.85. The van der Waals surface area contributed by atoms with Crippen LogP contribution in [0.4, 0.5) is 27.9 Å². The lowest BCUT2D eigenvalue weighted by Gasteiger charge is -2.36. The lowest BCUT2D eigenvalue weighted by atomic mass is 10.2. The fraction of sp³-hybridized carbons (Fsp3) is 0.375. The first-order valence-corrected chi connectivity index (χ1v) is 9.35. The predicted molar refractivity (Wildman–Crippen MR) is 97.1 cm³/mol. The van der Waals surface area contributed by atoms with Crippen LogP contribution in [0.2, 0.25) is 5.02 Å². The molecule has 0 saturated carbocycles. The predicted octanol–water partition coefficient (Wildman–Crippen LogP) is 4.32. The number of nitrogens with zero attached hydrogens (tertiary/aromatic N) is 4. The van der Waals surface area contributed by atoms with E-state index in [1.54, 1.807) is 13.0 Å². The number of hydrogen-bond donors (Lipinski definition) is 0. The SMILES string of the molecule is Cc1cc(Cl)ccc1OC(=O)OC1CCN(C)C(=O)N1c1nnc(C(F)(F)F)s1. The van der Waals surface area contributed by atoms with Gasteiger partial charge in [0.05, 0.1) is 0 Å². The largest absolute Gasteiger partial charge is 0.515 e. The molecule has 1 aliphatic rings. The molecule has 1 atom stereocenters. The Morgan fingerprint density at radius 3 is 2.69 bits per heavy atom. The highest BCUT2D eigenvalue weighted by atomic mass is 35.5. The number of carbonyl (C=O) groups excluding carboxylic acids is 2. The molecule has 13 heteroatoms. The minimum atomic E-state index is -4.71. The highest BCUT2D eigenvalue weighted by Gasteiger charge is 2.41.